The van der Waals surface area contributed by atoms with Gasteiger partial charge in [-0.25, -0.2) is 18.1 Å². The first-order chi connectivity index (χ1) is 13.0. The maximum absolute atomic E-state index is 12.3. The number of furan rings is 2. The quantitative estimate of drug-likeness (QED) is 0.528. The average Bonchev–Trinajstić information content (AvgIpc) is 3.39. The number of thiazole rings is 1. The second-order valence-corrected chi connectivity index (χ2v) is 8.14. The third kappa shape index (κ3) is 3.37. The van der Waals surface area contributed by atoms with E-state index in [1.807, 2.05) is 30.3 Å². The Balaban J connectivity index is 1.53. The molecule has 27 heavy (non-hydrogen) atoms. The number of fused-ring (bicyclic) bond motifs is 1. The third-order valence-electron chi connectivity index (χ3n) is 3.74. The van der Waals surface area contributed by atoms with Gasteiger partial charge in [-0.15, -0.1) is 11.3 Å². The number of para-hydroxylation sites is 1. The first-order valence-electron chi connectivity index (χ1n) is 7.75. The molecule has 8 nitrogen and oxygen atoms in total. The minimum atomic E-state index is -3.75. The summed E-state index contributed by atoms with van der Waals surface area (Å²) < 4.78 is 36.3. The molecule has 0 fully saturated rings. The summed E-state index contributed by atoms with van der Waals surface area (Å²) >= 11 is 1.22. The van der Waals surface area contributed by atoms with Crippen LogP contribution in [0.2, 0.25) is 0 Å². The Morgan fingerprint density at radius 2 is 1.96 bits per heavy atom. The highest BCUT2D eigenvalue weighted by atomic mass is 32.2. The van der Waals surface area contributed by atoms with Gasteiger partial charge >= 0.3 is 0 Å². The SMILES string of the molecule is CNS(=O)(=O)c1ccc(C(=O)Nc2nc(-c3cc4ccccc4o3)cs2)o1. The lowest BCUT2D eigenvalue weighted by molar-refractivity contribution is 0.0991. The maximum atomic E-state index is 12.3. The molecule has 0 radical (unpaired) electrons. The number of aromatic nitrogens is 1. The fourth-order valence-corrected chi connectivity index (χ4v) is 3.74. The molecule has 0 saturated heterocycles. The minimum absolute atomic E-state index is 0.135. The molecule has 0 unspecified atom stereocenters. The molecule has 0 aliphatic rings. The summed E-state index contributed by atoms with van der Waals surface area (Å²) in [5.74, 6) is -0.143. The second kappa shape index (κ2) is 6.65. The van der Waals surface area contributed by atoms with Gasteiger partial charge in [-0.2, -0.15) is 0 Å². The zero-order valence-electron chi connectivity index (χ0n) is 13.9. The highest BCUT2D eigenvalue weighted by Crippen LogP contribution is 2.30. The molecule has 0 atom stereocenters. The summed E-state index contributed by atoms with van der Waals surface area (Å²) in [7, 11) is -2.49. The summed E-state index contributed by atoms with van der Waals surface area (Å²) in [6.07, 6.45) is 0. The van der Waals surface area contributed by atoms with E-state index in [4.69, 9.17) is 8.83 Å². The van der Waals surface area contributed by atoms with Crippen molar-refractivity contribution in [2.24, 2.45) is 0 Å². The molecule has 3 heterocycles. The average molecular weight is 403 g/mol. The fraction of sp³-hybridized carbons (Fsp3) is 0.0588. The predicted molar refractivity (Wildman–Crippen MR) is 100 cm³/mol. The molecule has 0 bridgehead atoms. The largest absolute Gasteiger partial charge is 0.454 e. The predicted octanol–water partition coefficient (Wildman–Crippen LogP) is 3.31. The Bertz CT molecular complexity index is 1200. The van der Waals surface area contributed by atoms with E-state index in [1.165, 1.54) is 30.5 Å². The van der Waals surface area contributed by atoms with Crippen molar-refractivity contribution in [2.75, 3.05) is 12.4 Å². The molecule has 0 spiro atoms. The highest BCUT2D eigenvalue weighted by Gasteiger charge is 2.20. The van der Waals surface area contributed by atoms with Gasteiger partial charge in [0.25, 0.3) is 15.9 Å². The van der Waals surface area contributed by atoms with E-state index in [1.54, 1.807) is 5.38 Å². The van der Waals surface area contributed by atoms with Crippen LogP contribution in [0.4, 0.5) is 5.13 Å². The summed E-state index contributed by atoms with van der Waals surface area (Å²) in [5.41, 5.74) is 1.34. The lowest BCUT2D eigenvalue weighted by atomic mass is 10.2. The van der Waals surface area contributed by atoms with Gasteiger partial charge in [-0.3, -0.25) is 10.1 Å². The van der Waals surface area contributed by atoms with Crippen molar-refractivity contribution in [3.63, 3.8) is 0 Å². The Hall–Kier alpha value is -2.95. The van der Waals surface area contributed by atoms with Crippen LogP contribution in [-0.4, -0.2) is 26.4 Å². The van der Waals surface area contributed by atoms with Crippen molar-refractivity contribution in [2.45, 2.75) is 5.09 Å². The summed E-state index contributed by atoms with van der Waals surface area (Å²) in [5, 5.41) is 5.30. The maximum Gasteiger partial charge on any atom is 0.293 e. The Morgan fingerprint density at radius 3 is 2.74 bits per heavy atom. The van der Waals surface area contributed by atoms with E-state index in [0.29, 0.717) is 16.6 Å². The number of amides is 1. The van der Waals surface area contributed by atoms with E-state index >= 15 is 0 Å². The molecule has 2 N–H and O–H groups in total. The lowest BCUT2D eigenvalue weighted by Crippen LogP contribution is -2.18. The molecule has 0 saturated carbocycles. The van der Waals surface area contributed by atoms with Crippen molar-refractivity contribution in [3.8, 4) is 11.5 Å². The van der Waals surface area contributed by atoms with Gasteiger partial charge in [0.1, 0.15) is 11.3 Å². The van der Waals surface area contributed by atoms with E-state index in [0.717, 1.165) is 11.0 Å². The molecule has 4 aromatic rings. The van der Waals surface area contributed by atoms with Crippen LogP contribution < -0.4 is 10.0 Å². The topological polar surface area (TPSA) is 114 Å². The number of carbonyl (C=O) groups is 1. The molecule has 3 aromatic heterocycles. The molecule has 138 valence electrons. The van der Waals surface area contributed by atoms with Gasteiger partial charge in [0.05, 0.1) is 0 Å². The van der Waals surface area contributed by atoms with E-state index in [-0.39, 0.29) is 10.9 Å². The van der Waals surface area contributed by atoms with Gasteiger partial charge in [-0.1, -0.05) is 18.2 Å². The number of hydrogen-bond donors (Lipinski definition) is 2. The van der Waals surface area contributed by atoms with Gasteiger partial charge < -0.3 is 8.83 Å². The van der Waals surface area contributed by atoms with E-state index in [2.05, 4.69) is 15.0 Å². The molecule has 1 aromatic carbocycles. The van der Waals surface area contributed by atoms with Crippen LogP contribution in [0.5, 0.6) is 0 Å². The summed E-state index contributed by atoms with van der Waals surface area (Å²) in [6.45, 7) is 0. The third-order valence-corrected chi connectivity index (χ3v) is 5.79. The molecule has 0 aliphatic heterocycles. The zero-order chi connectivity index (χ0) is 19.0. The van der Waals surface area contributed by atoms with Crippen molar-refractivity contribution < 1.29 is 22.0 Å². The van der Waals surface area contributed by atoms with Crippen LogP contribution >= 0.6 is 11.3 Å². The number of anilines is 1. The van der Waals surface area contributed by atoms with Gasteiger partial charge in [-0.05, 0) is 31.3 Å². The smallest absolute Gasteiger partial charge is 0.293 e. The number of benzene rings is 1. The standard InChI is InChI=1S/C17H13N3O5S2/c1-18-27(22,23)15-7-6-13(25-15)16(21)20-17-19-11(9-26-17)14-8-10-4-2-3-5-12(10)24-14/h2-9,18H,1H3,(H,19,20,21). The van der Waals surface area contributed by atoms with Crippen LogP contribution in [0.25, 0.3) is 22.4 Å². The lowest BCUT2D eigenvalue weighted by Gasteiger charge is -1.99. The Morgan fingerprint density at radius 1 is 1.15 bits per heavy atom. The number of nitrogens with one attached hydrogen (secondary N) is 2. The Kier molecular flexibility index (Phi) is 4.30. The van der Waals surface area contributed by atoms with Gasteiger partial charge in [0.2, 0.25) is 5.09 Å². The van der Waals surface area contributed by atoms with Crippen molar-refractivity contribution in [3.05, 3.63) is 53.6 Å². The van der Waals surface area contributed by atoms with Crippen LogP contribution in [0.3, 0.4) is 0 Å². The first-order valence-corrected chi connectivity index (χ1v) is 10.1. The minimum Gasteiger partial charge on any atom is -0.454 e. The van der Waals surface area contributed by atoms with Crippen LogP contribution in [0.15, 0.2) is 61.8 Å². The number of sulfonamides is 1. The van der Waals surface area contributed by atoms with E-state index < -0.39 is 15.9 Å². The van der Waals surface area contributed by atoms with E-state index in [9.17, 15) is 13.2 Å². The molecule has 4 rings (SSSR count). The normalized spacial score (nSPS) is 11.7. The van der Waals surface area contributed by atoms with Crippen molar-refractivity contribution in [1.29, 1.82) is 0 Å². The monoisotopic (exact) mass is 403 g/mol. The molecule has 0 aliphatic carbocycles. The Labute approximate surface area is 157 Å². The summed E-state index contributed by atoms with van der Waals surface area (Å²) in [6, 6.07) is 12.0. The van der Waals surface area contributed by atoms with Crippen LogP contribution in [-0.2, 0) is 10.0 Å². The molecular formula is C17H13N3O5S2. The van der Waals surface area contributed by atoms with Crippen LogP contribution in [0, 0.1) is 0 Å². The highest BCUT2D eigenvalue weighted by molar-refractivity contribution is 7.89. The van der Waals surface area contributed by atoms with Crippen molar-refractivity contribution in [1.82, 2.24) is 9.71 Å². The van der Waals surface area contributed by atoms with Gasteiger partial charge in [0, 0.05) is 10.8 Å². The second-order valence-electron chi connectivity index (χ2n) is 5.47. The number of nitrogens with zero attached hydrogens (tertiary/aromatic N) is 1. The number of hydrogen-bond acceptors (Lipinski definition) is 7. The number of rotatable bonds is 5. The zero-order valence-corrected chi connectivity index (χ0v) is 15.6. The molecule has 10 heteroatoms. The van der Waals surface area contributed by atoms with Crippen LogP contribution in [0.1, 0.15) is 10.6 Å². The van der Waals surface area contributed by atoms with Crippen molar-refractivity contribution >= 4 is 43.4 Å². The molecule has 1 amide bonds. The van der Waals surface area contributed by atoms with Gasteiger partial charge in [0.15, 0.2) is 16.7 Å². The first kappa shape index (κ1) is 17.5. The molecular weight excluding hydrogens is 390 g/mol. The number of carbonyl (C=O) groups excluding carboxylic acids is 1. The summed E-state index contributed by atoms with van der Waals surface area (Å²) in [4.78, 5) is 16.6. The fourth-order valence-electron chi connectivity index (χ4n) is 2.40.